The molecule has 0 aliphatic carbocycles. The van der Waals surface area contributed by atoms with E-state index in [9.17, 15) is 14.4 Å². The second-order valence-electron chi connectivity index (χ2n) is 8.13. The molecule has 7 heteroatoms. The highest BCUT2D eigenvalue weighted by Gasteiger charge is 2.50. The first-order valence-corrected chi connectivity index (χ1v) is 9.77. The highest BCUT2D eigenvalue weighted by atomic mass is 16.6. The number of carbonyl (C=O) groups is 2. The summed E-state index contributed by atoms with van der Waals surface area (Å²) < 4.78 is 23.0. The van der Waals surface area contributed by atoms with Gasteiger partial charge in [-0.1, -0.05) is 20.8 Å². The normalized spacial score (nSPS) is 20.1. The minimum atomic E-state index is -0.969. The fourth-order valence-electron chi connectivity index (χ4n) is 3.42. The lowest BCUT2D eigenvalue weighted by Crippen LogP contribution is -2.52. The molecule has 3 rings (SSSR count). The maximum absolute atomic E-state index is 12.6. The Labute approximate surface area is 168 Å². The number of carbonyl (C=O) groups excluding carboxylic acids is 2. The molecule has 0 bridgehead atoms. The summed E-state index contributed by atoms with van der Waals surface area (Å²) in [6.45, 7) is 9.02. The molecule has 0 fully saturated rings. The van der Waals surface area contributed by atoms with E-state index in [1.54, 1.807) is 39.0 Å². The molecule has 0 N–H and O–H groups in total. The van der Waals surface area contributed by atoms with Gasteiger partial charge in [0, 0.05) is 24.3 Å². The molecule has 1 aromatic heterocycles. The standard InChI is InChI=1S/C22H26O7/c1-6-15(23)28-21-20(27-17(25)11-12(2)3)18-14(29-22(21,4)5)9-7-13-8-10-16(24)26-19(13)18/h7-10,12,20-21H,6,11H2,1-5H3. The van der Waals surface area contributed by atoms with Crippen molar-refractivity contribution in [2.24, 2.45) is 5.92 Å². The first-order valence-electron chi connectivity index (χ1n) is 9.77. The van der Waals surface area contributed by atoms with Crippen LogP contribution in [0.1, 0.15) is 59.1 Å². The predicted molar refractivity (Wildman–Crippen MR) is 106 cm³/mol. The summed E-state index contributed by atoms with van der Waals surface area (Å²) in [5.74, 6) is -0.358. The topological polar surface area (TPSA) is 92.0 Å². The molecule has 2 unspecified atom stereocenters. The van der Waals surface area contributed by atoms with Crippen molar-refractivity contribution in [3.05, 3.63) is 40.2 Å². The molecular formula is C22H26O7. The zero-order chi connectivity index (χ0) is 21.3. The second kappa shape index (κ2) is 7.89. The number of benzene rings is 1. The molecule has 1 aliphatic rings. The van der Waals surface area contributed by atoms with Gasteiger partial charge < -0.3 is 18.6 Å². The Morgan fingerprint density at radius 2 is 1.79 bits per heavy atom. The van der Waals surface area contributed by atoms with E-state index < -0.39 is 35.4 Å². The number of hydrogen-bond donors (Lipinski definition) is 0. The van der Waals surface area contributed by atoms with Gasteiger partial charge in [0.2, 0.25) is 0 Å². The third-order valence-corrected chi connectivity index (χ3v) is 4.79. The van der Waals surface area contributed by atoms with E-state index in [4.69, 9.17) is 18.6 Å². The van der Waals surface area contributed by atoms with Gasteiger partial charge in [-0.15, -0.1) is 0 Å². The van der Waals surface area contributed by atoms with Gasteiger partial charge in [0.25, 0.3) is 0 Å². The second-order valence-corrected chi connectivity index (χ2v) is 8.13. The van der Waals surface area contributed by atoms with E-state index in [2.05, 4.69) is 0 Å². The Bertz CT molecular complexity index is 986. The summed E-state index contributed by atoms with van der Waals surface area (Å²) in [7, 11) is 0. The fraction of sp³-hybridized carbons (Fsp3) is 0.500. The number of rotatable bonds is 5. The molecule has 1 aliphatic heterocycles. The molecule has 0 saturated heterocycles. The van der Waals surface area contributed by atoms with Gasteiger partial charge in [0.1, 0.15) is 16.9 Å². The highest BCUT2D eigenvalue weighted by Crippen LogP contribution is 2.46. The maximum atomic E-state index is 12.6. The number of fused-ring (bicyclic) bond motifs is 3. The van der Waals surface area contributed by atoms with Gasteiger partial charge in [-0.05, 0) is 38.0 Å². The van der Waals surface area contributed by atoms with Crippen molar-refractivity contribution in [1.82, 2.24) is 0 Å². The Morgan fingerprint density at radius 1 is 1.10 bits per heavy atom. The van der Waals surface area contributed by atoms with Crippen LogP contribution in [0.5, 0.6) is 5.75 Å². The smallest absolute Gasteiger partial charge is 0.336 e. The molecule has 7 nitrogen and oxygen atoms in total. The van der Waals surface area contributed by atoms with Gasteiger partial charge in [0.05, 0.1) is 5.56 Å². The molecule has 0 radical (unpaired) electrons. The summed E-state index contributed by atoms with van der Waals surface area (Å²) in [5, 5.41) is 0.650. The summed E-state index contributed by atoms with van der Waals surface area (Å²) in [5.41, 5.74) is -0.857. The zero-order valence-electron chi connectivity index (χ0n) is 17.3. The average molecular weight is 402 g/mol. The molecular weight excluding hydrogens is 376 g/mol. The Balaban J connectivity index is 2.18. The van der Waals surface area contributed by atoms with Crippen molar-refractivity contribution in [3.8, 4) is 5.75 Å². The van der Waals surface area contributed by atoms with Crippen LogP contribution in [0.15, 0.2) is 33.5 Å². The van der Waals surface area contributed by atoms with Crippen LogP contribution in [0.2, 0.25) is 0 Å². The van der Waals surface area contributed by atoms with Crippen LogP contribution in [0.4, 0.5) is 0 Å². The molecule has 2 heterocycles. The molecule has 0 amide bonds. The van der Waals surface area contributed by atoms with Crippen molar-refractivity contribution in [1.29, 1.82) is 0 Å². The Hall–Kier alpha value is -2.83. The molecule has 1 aromatic carbocycles. The summed E-state index contributed by atoms with van der Waals surface area (Å²) in [6, 6.07) is 6.44. The van der Waals surface area contributed by atoms with Crippen molar-refractivity contribution < 1.29 is 28.2 Å². The number of ether oxygens (including phenoxy) is 3. The van der Waals surface area contributed by atoms with Gasteiger partial charge >= 0.3 is 17.6 Å². The van der Waals surface area contributed by atoms with Crippen LogP contribution in [-0.2, 0) is 19.1 Å². The Morgan fingerprint density at radius 3 is 2.45 bits per heavy atom. The van der Waals surface area contributed by atoms with Crippen LogP contribution >= 0.6 is 0 Å². The summed E-state index contributed by atoms with van der Waals surface area (Å²) in [6.07, 6.45) is -1.51. The van der Waals surface area contributed by atoms with E-state index in [0.717, 1.165) is 0 Å². The zero-order valence-corrected chi connectivity index (χ0v) is 17.3. The lowest BCUT2D eigenvalue weighted by atomic mass is 9.87. The van der Waals surface area contributed by atoms with E-state index in [1.165, 1.54) is 6.07 Å². The molecule has 156 valence electrons. The molecule has 0 saturated carbocycles. The molecule has 2 aromatic rings. The van der Waals surface area contributed by atoms with Crippen LogP contribution in [-0.4, -0.2) is 23.6 Å². The first kappa shape index (κ1) is 20.9. The molecule has 29 heavy (non-hydrogen) atoms. The molecule has 0 spiro atoms. The minimum absolute atomic E-state index is 0.0944. The maximum Gasteiger partial charge on any atom is 0.336 e. The third kappa shape index (κ3) is 4.28. The average Bonchev–Trinajstić information content (AvgIpc) is 2.62. The quantitative estimate of drug-likeness (QED) is 0.553. The van der Waals surface area contributed by atoms with E-state index in [0.29, 0.717) is 16.7 Å². The summed E-state index contributed by atoms with van der Waals surface area (Å²) >= 11 is 0. The fourth-order valence-corrected chi connectivity index (χ4v) is 3.42. The third-order valence-electron chi connectivity index (χ3n) is 4.79. The van der Waals surface area contributed by atoms with E-state index in [1.807, 2.05) is 13.8 Å². The van der Waals surface area contributed by atoms with Crippen molar-refractivity contribution in [2.75, 3.05) is 0 Å². The highest BCUT2D eigenvalue weighted by molar-refractivity contribution is 5.83. The van der Waals surface area contributed by atoms with Crippen molar-refractivity contribution in [3.63, 3.8) is 0 Å². The van der Waals surface area contributed by atoms with Gasteiger partial charge in [0.15, 0.2) is 12.2 Å². The number of hydrogen-bond acceptors (Lipinski definition) is 7. The lowest BCUT2D eigenvalue weighted by molar-refractivity contribution is -0.190. The lowest BCUT2D eigenvalue weighted by Gasteiger charge is -2.43. The van der Waals surface area contributed by atoms with Crippen molar-refractivity contribution in [2.45, 2.75) is 65.3 Å². The van der Waals surface area contributed by atoms with Gasteiger partial charge in [-0.3, -0.25) is 9.59 Å². The largest absolute Gasteiger partial charge is 0.483 e. The van der Waals surface area contributed by atoms with E-state index in [-0.39, 0.29) is 24.3 Å². The van der Waals surface area contributed by atoms with Gasteiger partial charge in [-0.25, -0.2) is 4.79 Å². The summed E-state index contributed by atoms with van der Waals surface area (Å²) in [4.78, 5) is 36.5. The monoisotopic (exact) mass is 402 g/mol. The Kier molecular flexibility index (Phi) is 5.68. The van der Waals surface area contributed by atoms with Crippen LogP contribution in [0.25, 0.3) is 11.0 Å². The van der Waals surface area contributed by atoms with Crippen LogP contribution in [0.3, 0.4) is 0 Å². The van der Waals surface area contributed by atoms with E-state index >= 15 is 0 Å². The van der Waals surface area contributed by atoms with Gasteiger partial charge in [-0.2, -0.15) is 0 Å². The predicted octanol–water partition coefficient (Wildman–Crippen LogP) is 3.92. The SMILES string of the molecule is CCC(=O)OC1C(OC(=O)CC(C)C)c2c(ccc3ccc(=O)oc23)OC1(C)C. The van der Waals surface area contributed by atoms with Crippen molar-refractivity contribution >= 4 is 22.9 Å². The van der Waals surface area contributed by atoms with Crippen LogP contribution in [0, 0.1) is 5.92 Å². The minimum Gasteiger partial charge on any atom is -0.483 e. The van der Waals surface area contributed by atoms with Crippen LogP contribution < -0.4 is 10.4 Å². The number of esters is 2. The first-order chi connectivity index (χ1) is 13.6. The molecule has 2 atom stereocenters.